The monoisotopic (exact) mass is 231 g/mol. The van der Waals surface area contributed by atoms with Crippen molar-refractivity contribution in [3.63, 3.8) is 0 Å². The summed E-state index contributed by atoms with van der Waals surface area (Å²) in [5.41, 5.74) is 0. The van der Waals surface area contributed by atoms with Crippen molar-refractivity contribution >= 4 is 0 Å². The molecule has 92 valence electrons. The zero-order valence-corrected chi connectivity index (χ0v) is 9.78. The number of ether oxygens (including phenoxy) is 1. The largest absolute Gasteiger partial charge is 0.328 e. The van der Waals surface area contributed by atoms with Gasteiger partial charge in [-0.1, -0.05) is 0 Å². The molecule has 0 unspecified atom stereocenters. The van der Waals surface area contributed by atoms with Gasteiger partial charge in [-0.3, -0.25) is 10.1 Å². The van der Waals surface area contributed by atoms with E-state index in [-0.39, 0.29) is 11.0 Å². The quantitative estimate of drug-likeness (QED) is 0.407. The van der Waals surface area contributed by atoms with Crippen LogP contribution >= 0.6 is 0 Å². The minimum Gasteiger partial charge on any atom is -0.328 e. The highest BCUT2D eigenvalue weighted by molar-refractivity contribution is 4.66. The van der Waals surface area contributed by atoms with Crippen LogP contribution in [0.1, 0.15) is 12.8 Å². The van der Waals surface area contributed by atoms with Crippen LogP contribution in [0.15, 0.2) is 0 Å². The van der Waals surface area contributed by atoms with Crippen LogP contribution in [0.3, 0.4) is 0 Å². The number of hydrogen-bond acceptors (Lipinski definition) is 3. The Hall–Kier alpha value is -0.720. The lowest BCUT2D eigenvalue weighted by Gasteiger charge is -2.28. The second-order valence-electron chi connectivity index (χ2n) is 4.99. The molecule has 6 nitrogen and oxygen atoms in total. The lowest BCUT2D eigenvalue weighted by molar-refractivity contribution is -1.00. The Balaban J connectivity index is 1.73. The summed E-state index contributed by atoms with van der Waals surface area (Å²) < 4.78 is 5.43. The Morgan fingerprint density at radius 3 is 2.56 bits per heavy atom. The fourth-order valence-corrected chi connectivity index (χ4v) is 2.55. The summed E-state index contributed by atoms with van der Waals surface area (Å²) in [5.74, 6) is 0. The fourth-order valence-electron chi connectivity index (χ4n) is 2.55. The summed E-state index contributed by atoms with van der Waals surface area (Å²) in [5, 5.41) is 10.6. The first-order valence-electron chi connectivity index (χ1n) is 6.09. The lowest BCUT2D eigenvalue weighted by atomic mass is 10.2. The standard InChI is InChI=1S/C10H19N3O3/c1-11-4-6-12(7-5-11)8-9-2-3-10(16-9)13(14)15/h9-10H,2-8H2,1H3/p+2/t9-,10-/m0/s1. The van der Waals surface area contributed by atoms with Gasteiger partial charge in [0, 0.05) is 6.42 Å². The summed E-state index contributed by atoms with van der Waals surface area (Å²) >= 11 is 0. The highest BCUT2D eigenvalue weighted by Crippen LogP contribution is 2.18. The van der Waals surface area contributed by atoms with Crippen molar-refractivity contribution in [2.75, 3.05) is 39.8 Å². The molecule has 0 aromatic carbocycles. The van der Waals surface area contributed by atoms with Crippen molar-refractivity contribution in [3.05, 3.63) is 10.1 Å². The predicted octanol–water partition coefficient (Wildman–Crippen LogP) is -2.82. The zero-order valence-electron chi connectivity index (χ0n) is 9.78. The predicted molar refractivity (Wildman–Crippen MR) is 57.1 cm³/mol. The summed E-state index contributed by atoms with van der Waals surface area (Å²) in [6.45, 7) is 5.66. The van der Waals surface area contributed by atoms with Crippen molar-refractivity contribution in [2.45, 2.75) is 25.2 Å². The maximum Gasteiger partial charge on any atom is 0.315 e. The number of piperazine rings is 1. The van der Waals surface area contributed by atoms with Crippen LogP contribution in [0.4, 0.5) is 0 Å². The van der Waals surface area contributed by atoms with Crippen LogP contribution in [0.25, 0.3) is 0 Å². The minimum atomic E-state index is -0.748. The van der Waals surface area contributed by atoms with E-state index in [1.807, 2.05) is 0 Å². The molecule has 6 heteroatoms. The van der Waals surface area contributed by atoms with Gasteiger partial charge in [0.15, 0.2) is 0 Å². The molecule has 0 amide bonds. The molecule has 0 saturated carbocycles. The van der Waals surface area contributed by atoms with Gasteiger partial charge < -0.3 is 14.5 Å². The van der Waals surface area contributed by atoms with E-state index < -0.39 is 6.23 Å². The van der Waals surface area contributed by atoms with Crippen molar-refractivity contribution in [3.8, 4) is 0 Å². The number of nitrogens with one attached hydrogen (secondary N) is 2. The fraction of sp³-hybridized carbons (Fsp3) is 1.00. The molecule has 16 heavy (non-hydrogen) atoms. The van der Waals surface area contributed by atoms with Gasteiger partial charge in [0.1, 0.15) is 38.8 Å². The van der Waals surface area contributed by atoms with Crippen LogP contribution in [-0.2, 0) is 4.74 Å². The number of likely N-dealkylation sites (N-methyl/N-ethyl adjacent to an activating group) is 1. The highest BCUT2D eigenvalue weighted by atomic mass is 16.7. The molecule has 0 aliphatic carbocycles. The van der Waals surface area contributed by atoms with Crippen LogP contribution in [0.5, 0.6) is 0 Å². The van der Waals surface area contributed by atoms with Crippen molar-refractivity contribution in [1.82, 2.24) is 0 Å². The van der Waals surface area contributed by atoms with Crippen LogP contribution in [0.2, 0.25) is 0 Å². The van der Waals surface area contributed by atoms with E-state index in [0.29, 0.717) is 6.42 Å². The third-order valence-electron chi connectivity index (χ3n) is 3.65. The number of nitrogens with zero attached hydrogens (tertiary/aromatic N) is 1. The Kier molecular flexibility index (Phi) is 3.73. The van der Waals surface area contributed by atoms with Gasteiger partial charge in [-0.05, 0) is 6.42 Å². The number of hydrogen-bond donors (Lipinski definition) is 2. The topological polar surface area (TPSA) is 61.2 Å². The SMILES string of the molecule is C[NH+]1CC[NH+](C[C@@H]2CC[C@@H]([N+](=O)[O-])O2)CC1. The molecule has 0 bridgehead atoms. The van der Waals surface area contributed by atoms with Crippen molar-refractivity contribution in [1.29, 1.82) is 0 Å². The molecule has 2 fully saturated rings. The Morgan fingerprint density at radius 1 is 1.31 bits per heavy atom. The van der Waals surface area contributed by atoms with Crippen LogP contribution in [-0.4, -0.2) is 57.0 Å². The summed E-state index contributed by atoms with van der Waals surface area (Å²) in [6, 6.07) is 0. The van der Waals surface area contributed by atoms with Gasteiger partial charge in [0.05, 0.1) is 12.0 Å². The molecule has 2 saturated heterocycles. The minimum absolute atomic E-state index is 0.101. The van der Waals surface area contributed by atoms with E-state index >= 15 is 0 Å². The first-order chi connectivity index (χ1) is 7.65. The average molecular weight is 231 g/mol. The molecule has 2 heterocycles. The van der Waals surface area contributed by atoms with Crippen LogP contribution in [0, 0.1) is 10.1 Å². The van der Waals surface area contributed by atoms with E-state index in [0.717, 1.165) is 26.1 Å². The summed E-state index contributed by atoms with van der Waals surface area (Å²) in [6.07, 6.45) is 0.778. The van der Waals surface area contributed by atoms with Crippen LogP contribution < -0.4 is 9.80 Å². The van der Waals surface area contributed by atoms with E-state index in [1.54, 1.807) is 9.80 Å². The van der Waals surface area contributed by atoms with E-state index in [2.05, 4.69) is 7.05 Å². The molecule has 2 N–H and O–H groups in total. The molecule has 0 radical (unpaired) electrons. The Morgan fingerprint density at radius 2 is 2.00 bits per heavy atom. The zero-order chi connectivity index (χ0) is 11.5. The van der Waals surface area contributed by atoms with E-state index in [4.69, 9.17) is 4.74 Å². The van der Waals surface area contributed by atoms with Crippen molar-refractivity contribution in [2.24, 2.45) is 0 Å². The van der Waals surface area contributed by atoms with Gasteiger partial charge in [0.25, 0.3) is 0 Å². The normalized spacial score (nSPS) is 39.8. The maximum absolute atomic E-state index is 10.6. The Labute approximate surface area is 95.3 Å². The average Bonchev–Trinajstić information content (AvgIpc) is 2.70. The van der Waals surface area contributed by atoms with E-state index in [1.165, 1.54) is 13.1 Å². The molecule has 0 spiro atoms. The molecule has 2 aliphatic heterocycles. The maximum atomic E-state index is 10.6. The molecule has 2 rings (SSSR count). The molecular formula is C10H21N3O3+2. The third-order valence-corrected chi connectivity index (χ3v) is 3.65. The van der Waals surface area contributed by atoms with Gasteiger partial charge in [-0.2, -0.15) is 0 Å². The van der Waals surface area contributed by atoms with Gasteiger partial charge in [0.2, 0.25) is 0 Å². The van der Waals surface area contributed by atoms with E-state index in [9.17, 15) is 10.1 Å². The highest BCUT2D eigenvalue weighted by Gasteiger charge is 2.36. The Bertz CT molecular complexity index is 254. The number of nitro groups is 1. The molecule has 0 aromatic rings. The summed E-state index contributed by atoms with van der Waals surface area (Å²) in [7, 11) is 2.21. The number of quaternary nitrogens is 2. The molecule has 2 atom stereocenters. The van der Waals surface area contributed by atoms with Gasteiger partial charge in [-0.15, -0.1) is 0 Å². The number of rotatable bonds is 3. The van der Waals surface area contributed by atoms with Gasteiger partial charge >= 0.3 is 6.23 Å². The first kappa shape index (κ1) is 11.8. The smallest absolute Gasteiger partial charge is 0.315 e. The van der Waals surface area contributed by atoms with Crippen molar-refractivity contribution < 1.29 is 19.5 Å². The van der Waals surface area contributed by atoms with Gasteiger partial charge in [-0.25, -0.2) is 0 Å². The first-order valence-corrected chi connectivity index (χ1v) is 6.09. The summed E-state index contributed by atoms with van der Waals surface area (Å²) in [4.78, 5) is 13.4. The lowest BCUT2D eigenvalue weighted by Crippen LogP contribution is -3.27. The molecule has 0 aromatic heterocycles. The third kappa shape index (κ3) is 2.90. The molecular weight excluding hydrogens is 210 g/mol. The molecule has 2 aliphatic rings. The second kappa shape index (κ2) is 5.07. The second-order valence-corrected chi connectivity index (χ2v) is 4.99.